The number of hydrogen-bond donors (Lipinski definition) is 3. The van der Waals surface area contributed by atoms with Crippen LogP contribution >= 0.6 is 0 Å². The number of halogens is 3. The van der Waals surface area contributed by atoms with Crippen LogP contribution in [0.2, 0.25) is 0 Å². The first-order chi connectivity index (χ1) is 8.86. The summed E-state index contributed by atoms with van der Waals surface area (Å²) in [5, 5.41) is 8.23. The Kier molecular flexibility index (Phi) is 3.16. The Morgan fingerprint density at radius 3 is 2.63 bits per heavy atom. The third-order valence-corrected chi connectivity index (χ3v) is 2.29. The number of benzene rings is 1. The highest BCUT2D eigenvalue weighted by Gasteiger charge is 2.30. The number of aromatic amines is 1. The minimum absolute atomic E-state index is 0.0352. The van der Waals surface area contributed by atoms with Crippen LogP contribution in [0.3, 0.4) is 0 Å². The number of nitrogens with zero attached hydrogens (tertiary/aromatic N) is 1. The number of H-pyrrole nitrogens is 1. The van der Waals surface area contributed by atoms with Crippen LogP contribution in [0, 0.1) is 0 Å². The van der Waals surface area contributed by atoms with E-state index in [4.69, 9.17) is 5.73 Å². The van der Waals surface area contributed by atoms with Crippen molar-refractivity contribution < 1.29 is 18.0 Å². The van der Waals surface area contributed by atoms with E-state index in [-0.39, 0.29) is 17.2 Å². The molecular formula is C11H9F3N4O. The van der Waals surface area contributed by atoms with E-state index in [1.165, 1.54) is 18.2 Å². The highest BCUT2D eigenvalue weighted by Crippen LogP contribution is 2.30. The summed E-state index contributed by atoms with van der Waals surface area (Å²) in [5.74, 6) is -0.502. The quantitative estimate of drug-likeness (QED) is 0.782. The first kappa shape index (κ1) is 12.9. The summed E-state index contributed by atoms with van der Waals surface area (Å²) in [5.41, 5.74) is 4.58. The average molecular weight is 270 g/mol. The lowest BCUT2D eigenvalue weighted by atomic mass is 10.2. The maximum absolute atomic E-state index is 12.5. The number of nitrogen functional groups attached to an aromatic ring is 1. The van der Waals surface area contributed by atoms with Crippen molar-refractivity contribution in [3.05, 3.63) is 41.6 Å². The van der Waals surface area contributed by atoms with Gasteiger partial charge in [0.2, 0.25) is 0 Å². The van der Waals surface area contributed by atoms with Crippen LogP contribution in [0.4, 0.5) is 24.7 Å². The second-order valence-electron chi connectivity index (χ2n) is 3.74. The number of nitrogens with two attached hydrogens (primary N) is 1. The maximum Gasteiger partial charge on any atom is 0.416 e. The van der Waals surface area contributed by atoms with Crippen LogP contribution in [-0.2, 0) is 6.18 Å². The van der Waals surface area contributed by atoms with E-state index >= 15 is 0 Å². The number of anilines is 2. The molecule has 1 aromatic carbocycles. The molecule has 0 aliphatic rings. The Balaban J connectivity index is 2.18. The normalized spacial score (nSPS) is 11.3. The third kappa shape index (κ3) is 3.03. The lowest BCUT2D eigenvalue weighted by molar-refractivity contribution is -0.137. The van der Waals surface area contributed by atoms with Crippen molar-refractivity contribution in [2.45, 2.75) is 6.18 Å². The van der Waals surface area contributed by atoms with Gasteiger partial charge in [0.15, 0.2) is 0 Å². The van der Waals surface area contributed by atoms with Crippen LogP contribution in [0.25, 0.3) is 0 Å². The molecule has 2 aromatic rings. The van der Waals surface area contributed by atoms with Crippen molar-refractivity contribution in [3.63, 3.8) is 0 Å². The highest BCUT2D eigenvalue weighted by molar-refractivity contribution is 6.03. The van der Waals surface area contributed by atoms with Crippen molar-refractivity contribution >= 4 is 17.4 Å². The molecule has 8 heteroatoms. The fraction of sp³-hybridized carbons (Fsp3) is 0.0909. The molecule has 0 atom stereocenters. The lowest BCUT2D eigenvalue weighted by Gasteiger charge is -2.09. The molecule has 100 valence electrons. The molecule has 5 nitrogen and oxygen atoms in total. The predicted molar refractivity (Wildman–Crippen MR) is 62.4 cm³/mol. The fourth-order valence-corrected chi connectivity index (χ4v) is 1.43. The third-order valence-electron chi connectivity index (χ3n) is 2.29. The molecule has 1 heterocycles. The van der Waals surface area contributed by atoms with E-state index in [1.807, 2.05) is 0 Å². The van der Waals surface area contributed by atoms with Crippen LogP contribution in [0.15, 0.2) is 30.3 Å². The van der Waals surface area contributed by atoms with Gasteiger partial charge in [0.25, 0.3) is 5.91 Å². The zero-order chi connectivity index (χ0) is 14.0. The number of hydrogen-bond acceptors (Lipinski definition) is 3. The first-order valence-electron chi connectivity index (χ1n) is 5.16. The molecule has 0 aliphatic carbocycles. The molecule has 0 fully saturated rings. The summed E-state index contributed by atoms with van der Waals surface area (Å²) in [6, 6.07) is 5.61. The SMILES string of the molecule is Nc1cc(C(=O)Nc2cccc(C(F)(F)F)c2)[nH]n1. The minimum Gasteiger partial charge on any atom is -0.382 e. The molecule has 1 amide bonds. The monoisotopic (exact) mass is 270 g/mol. The van der Waals surface area contributed by atoms with Crippen LogP contribution < -0.4 is 11.1 Å². The standard InChI is InChI=1S/C11H9F3N4O/c12-11(13,14)6-2-1-3-7(4-6)16-10(19)8-5-9(15)18-17-8/h1-5H,(H,16,19)(H3,15,17,18). The van der Waals surface area contributed by atoms with Crippen molar-refractivity contribution in [1.82, 2.24) is 10.2 Å². The Morgan fingerprint density at radius 1 is 1.32 bits per heavy atom. The van der Waals surface area contributed by atoms with Gasteiger partial charge in [-0.3, -0.25) is 9.89 Å². The van der Waals surface area contributed by atoms with Gasteiger partial charge in [0, 0.05) is 11.8 Å². The zero-order valence-corrected chi connectivity index (χ0v) is 9.45. The van der Waals surface area contributed by atoms with Gasteiger partial charge < -0.3 is 11.1 Å². The molecule has 0 saturated heterocycles. The van der Waals surface area contributed by atoms with Gasteiger partial charge in [0.1, 0.15) is 11.5 Å². The topological polar surface area (TPSA) is 83.8 Å². The molecule has 0 unspecified atom stereocenters. The maximum atomic E-state index is 12.5. The summed E-state index contributed by atoms with van der Waals surface area (Å²) in [4.78, 5) is 11.7. The van der Waals surface area contributed by atoms with E-state index in [0.717, 1.165) is 12.1 Å². The summed E-state index contributed by atoms with van der Waals surface area (Å²) in [6.45, 7) is 0. The van der Waals surface area contributed by atoms with Crippen molar-refractivity contribution in [2.75, 3.05) is 11.1 Å². The first-order valence-corrected chi connectivity index (χ1v) is 5.16. The number of rotatable bonds is 2. The van der Waals surface area contributed by atoms with Gasteiger partial charge in [0.05, 0.1) is 5.56 Å². The van der Waals surface area contributed by atoms with Crippen LogP contribution in [0.5, 0.6) is 0 Å². The Bertz CT molecular complexity index is 606. The minimum atomic E-state index is -4.46. The van der Waals surface area contributed by atoms with Crippen molar-refractivity contribution in [2.24, 2.45) is 0 Å². The summed E-state index contributed by atoms with van der Waals surface area (Å²) >= 11 is 0. The average Bonchev–Trinajstić information content (AvgIpc) is 2.75. The van der Waals surface area contributed by atoms with E-state index in [9.17, 15) is 18.0 Å². The molecule has 2 rings (SSSR count). The van der Waals surface area contributed by atoms with Gasteiger partial charge in [-0.2, -0.15) is 18.3 Å². The molecule has 0 radical (unpaired) electrons. The Labute approximate surface area is 105 Å². The number of alkyl halides is 3. The van der Waals surface area contributed by atoms with E-state index in [2.05, 4.69) is 15.5 Å². The van der Waals surface area contributed by atoms with Gasteiger partial charge >= 0.3 is 6.18 Å². The van der Waals surface area contributed by atoms with Crippen molar-refractivity contribution in [3.8, 4) is 0 Å². The molecule has 0 aliphatic heterocycles. The van der Waals surface area contributed by atoms with Gasteiger partial charge in [-0.1, -0.05) is 6.07 Å². The molecule has 4 N–H and O–H groups in total. The zero-order valence-electron chi connectivity index (χ0n) is 9.45. The van der Waals surface area contributed by atoms with Gasteiger partial charge in [-0.05, 0) is 18.2 Å². The summed E-state index contributed by atoms with van der Waals surface area (Å²) in [7, 11) is 0. The second-order valence-corrected chi connectivity index (χ2v) is 3.74. The fourth-order valence-electron chi connectivity index (χ4n) is 1.43. The number of carbonyl (C=O) groups is 1. The molecule has 19 heavy (non-hydrogen) atoms. The summed E-state index contributed by atoms with van der Waals surface area (Å²) < 4.78 is 37.5. The van der Waals surface area contributed by atoms with Crippen LogP contribution in [-0.4, -0.2) is 16.1 Å². The number of amides is 1. The van der Waals surface area contributed by atoms with Crippen molar-refractivity contribution in [1.29, 1.82) is 0 Å². The number of aromatic nitrogens is 2. The smallest absolute Gasteiger partial charge is 0.382 e. The molecule has 0 spiro atoms. The highest BCUT2D eigenvalue weighted by atomic mass is 19.4. The molecule has 1 aromatic heterocycles. The Morgan fingerprint density at radius 2 is 2.05 bits per heavy atom. The van der Waals surface area contributed by atoms with E-state index in [1.54, 1.807) is 0 Å². The van der Waals surface area contributed by atoms with E-state index < -0.39 is 17.6 Å². The molecule has 0 bridgehead atoms. The summed E-state index contributed by atoms with van der Waals surface area (Å²) in [6.07, 6.45) is -4.46. The van der Waals surface area contributed by atoms with E-state index in [0.29, 0.717) is 0 Å². The largest absolute Gasteiger partial charge is 0.416 e. The van der Waals surface area contributed by atoms with Crippen LogP contribution in [0.1, 0.15) is 16.1 Å². The predicted octanol–water partition coefficient (Wildman–Crippen LogP) is 2.26. The lowest BCUT2D eigenvalue weighted by Crippen LogP contribution is -2.13. The number of carbonyl (C=O) groups excluding carboxylic acids is 1. The van der Waals surface area contributed by atoms with Gasteiger partial charge in [-0.25, -0.2) is 0 Å². The second kappa shape index (κ2) is 4.63. The number of nitrogens with one attached hydrogen (secondary N) is 2. The molecular weight excluding hydrogens is 261 g/mol. The van der Waals surface area contributed by atoms with Gasteiger partial charge in [-0.15, -0.1) is 0 Å². The molecule has 0 saturated carbocycles. The Hall–Kier alpha value is -2.51.